The lowest BCUT2D eigenvalue weighted by molar-refractivity contribution is -0.385. The van der Waals surface area contributed by atoms with Crippen molar-refractivity contribution in [2.24, 2.45) is 0 Å². The van der Waals surface area contributed by atoms with Gasteiger partial charge in [-0.1, -0.05) is 34.1 Å². The molecule has 0 aromatic heterocycles. The smallest absolute Gasteiger partial charge is 0.330 e. The van der Waals surface area contributed by atoms with E-state index in [1.54, 1.807) is 18.2 Å². The van der Waals surface area contributed by atoms with Gasteiger partial charge in [0, 0.05) is 23.5 Å². The Kier molecular flexibility index (Phi) is 12.3. The molecule has 0 saturated carbocycles. The number of esters is 2. The van der Waals surface area contributed by atoms with Crippen molar-refractivity contribution in [3.8, 4) is 5.75 Å². The summed E-state index contributed by atoms with van der Waals surface area (Å²) in [5.41, 5.74) is -0.112. The summed E-state index contributed by atoms with van der Waals surface area (Å²) in [6.45, 7) is 0.0555. The molecule has 0 aliphatic rings. The van der Waals surface area contributed by atoms with E-state index >= 15 is 0 Å². The van der Waals surface area contributed by atoms with Crippen molar-refractivity contribution in [3.63, 3.8) is 0 Å². The summed E-state index contributed by atoms with van der Waals surface area (Å²) in [4.78, 5) is 31.1. The van der Waals surface area contributed by atoms with Crippen molar-refractivity contribution < 1.29 is 28.7 Å². The molecule has 0 spiro atoms. The average molecular weight is 416 g/mol. The van der Waals surface area contributed by atoms with Gasteiger partial charge in [0.25, 0.3) is 0 Å². The summed E-state index contributed by atoms with van der Waals surface area (Å²) in [5.74, 6) is -0.660. The number of nitro benzene ring substituents is 1. The number of benzene rings is 1. The van der Waals surface area contributed by atoms with E-state index in [2.05, 4.69) is 25.4 Å². The molecule has 1 aromatic carbocycles. The van der Waals surface area contributed by atoms with Crippen LogP contribution in [0.15, 0.2) is 48.6 Å². The number of hydrogen-bond donors (Lipinski definition) is 0. The lowest BCUT2D eigenvalue weighted by atomic mass is 10.3. The van der Waals surface area contributed by atoms with Gasteiger partial charge in [0.2, 0.25) is 0 Å². The summed E-state index contributed by atoms with van der Waals surface area (Å²) >= 11 is 3.11. The lowest BCUT2D eigenvalue weighted by Crippen LogP contribution is -2.00. The predicted octanol–water partition coefficient (Wildman–Crippen LogP) is 2.81. The molecule has 136 valence electrons. The zero-order chi connectivity index (χ0) is 19.1. The second kappa shape index (κ2) is 13.7. The minimum atomic E-state index is -0.528. The van der Waals surface area contributed by atoms with Crippen LogP contribution in [-0.4, -0.2) is 43.0 Å². The van der Waals surface area contributed by atoms with Crippen molar-refractivity contribution in [1.82, 2.24) is 0 Å². The van der Waals surface area contributed by atoms with Gasteiger partial charge in [0.1, 0.15) is 6.61 Å². The van der Waals surface area contributed by atoms with Crippen LogP contribution in [0.4, 0.5) is 5.69 Å². The Morgan fingerprint density at radius 1 is 1.12 bits per heavy atom. The number of carbonyl (C=O) groups excluding carboxylic acids is 2. The van der Waals surface area contributed by atoms with Gasteiger partial charge in [-0.3, -0.25) is 10.1 Å². The van der Waals surface area contributed by atoms with E-state index in [1.807, 2.05) is 0 Å². The highest BCUT2D eigenvalue weighted by Crippen LogP contribution is 2.25. The summed E-state index contributed by atoms with van der Waals surface area (Å²) < 4.78 is 13.8. The molecule has 0 N–H and O–H groups in total. The maximum atomic E-state index is 10.7. The maximum absolute atomic E-state index is 10.7. The van der Waals surface area contributed by atoms with Gasteiger partial charge in [-0.25, -0.2) is 9.59 Å². The van der Waals surface area contributed by atoms with Gasteiger partial charge in [0.15, 0.2) is 5.75 Å². The summed E-state index contributed by atoms with van der Waals surface area (Å²) in [6, 6.07) is 6.02. The molecular formula is C16H18BrNO7. The van der Waals surface area contributed by atoms with Crippen LogP contribution in [0, 0.1) is 10.1 Å². The maximum Gasteiger partial charge on any atom is 0.330 e. The number of para-hydroxylation sites is 2. The highest BCUT2D eigenvalue weighted by atomic mass is 79.9. The molecule has 25 heavy (non-hydrogen) atoms. The third-order valence-corrected chi connectivity index (χ3v) is 2.77. The van der Waals surface area contributed by atoms with Crippen molar-refractivity contribution in [1.29, 1.82) is 0 Å². The van der Waals surface area contributed by atoms with Crippen LogP contribution in [0.3, 0.4) is 0 Å². The number of hydrogen-bond acceptors (Lipinski definition) is 7. The number of rotatable bonds is 7. The number of allylic oxidation sites excluding steroid dienone is 1. The van der Waals surface area contributed by atoms with Gasteiger partial charge in [-0.2, -0.15) is 0 Å². The average Bonchev–Trinajstić information content (AvgIpc) is 2.63. The van der Waals surface area contributed by atoms with E-state index in [1.165, 1.54) is 44.6 Å². The SMILES string of the molecule is COC(=O)/C=C/CBr.COC(=O)/C=C/COc1ccccc1[N+](=O)[O-]. The molecule has 0 unspecified atom stereocenters. The first-order valence-corrected chi connectivity index (χ1v) is 7.99. The fraction of sp³-hybridized carbons (Fsp3) is 0.250. The normalized spacial score (nSPS) is 10.0. The van der Waals surface area contributed by atoms with Gasteiger partial charge in [-0.05, 0) is 12.1 Å². The van der Waals surface area contributed by atoms with Gasteiger partial charge >= 0.3 is 17.6 Å². The minimum absolute atomic E-state index is 0.0555. The first-order valence-electron chi connectivity index (χ1n) is 6.87. The Labute approximate surface area is 153 Å². The van der Waals surface area contributed by atoms with E-state index < -0.39 is 10.9 Å². The molecule has 8 nitrogen and oxygen atoms in total. The molecule has 0 amide bonds. The Bertz CT molecular complexity index is 629. The van der Waals surface area contributed by atoms with Crippen LogP contribution in [0.2, 0.25) is 0 Å². The van der Waals surface area contributed by atoms with Gasteiger partial charge in [0.05, 0.1) is 19.1 Å². The van der Waals surface area contributed by atoms with Crippen molar-refractivity contribution in [2.45, 2.75) is 0 Å². The number of nitro groups is 1. The molecule has 0 radical (unpaired) electrons. The van der Waals surface area contributed by atoms with Crippen LogP contribution in [0.1, 0.15) is 0 Å². The molecule has 1 rings (SSSR count). The zero-order valence-electron chi connectivity index (χ0n) is 13.7. The molecule has 1 aromatic rings. The number of carbonyl (C=O) groups is 2. The third-order valence-electron chi connectivity index (χ3n) is 2.40. The van der Waals surface area contributed by atoms with E-state index in [9.17, 15) is 19.7 Å². The van der Waals surface area contributed by atoms with Gasteiger partial charge < -0.3 is 14.2 Å². The van der Waals surface area contributed by atoms with Crippen molar-refractivity contribution >= 4 is 33.6 Å². The Morgan fingerprint density at radius 3 is 2.20 bits per heavy atom. The molecule has 0 atom stereocenters. The second-order valence-electron chi connectivity index (χ2n) is 4.04. The van der Waals surface area contributed by atoms with E-state index in [0.29, 0.717) is 5.33 Å². The minimum Gasteiger partial charge on any atom is -0.483 e. The fourth-order valence-corrected chi connectivity index (χ4v) is 1.48. The largest absolute Gasteiger partial charge is 0.483 e. The molecule has 9 heteroatoms. The lowest BCUT2D eigenvalue weighted by Gasteiger charge is -2.03. The predicted molar refractivity (Wildman–Crippen MR) is 94.7 cm³/mol. The third kappa shape index (κ3) is 10.7. The fourth-order valence-electron chi connectivity index (χ4n) is 1.29. The highest BCUT2D eigenvalue weighted by Gasteiger charge is 2.12. The van der Waals surface area contributed by atoms with Crippen LogP contribution in [0.25, 0.3) is 0 Å². The Hall–Kier alpha value is -2.68. The first-order chi connectivity index (χ1) is 12.0. The van der Waals surface area contributed by atoms with E-state index in [0.717, 1.165) is 0 Å². The number of halogens is 1. The molecule has 0 saturated heterocycles. The molecule has 0 heterocycles. The Morgan fingerprint density at radius 2 is 1.68 bits per heavy atom. The first kappa shape index (κ1) is 22.3. The monoisotopic (exact) mass is 415 g/mol. The molecule has 0 aliphatic carbocycles. The molecule has 0 fully saturated rings. The highest BCUT2D eigenvalue weighted by molar-refractivity contribution is 9.09. The number of methoxy groups -OCH3 is 2. The topological polar surface area (TPSA) is 105 Å². The second-order valence-corrected chi connectivity index (χ2v) is 4.69. The van der Waals surface area contributed by atoms with Gasteiger partial charge in [-0.15, -0.1) is 0 Å². The molecule has 0 bridgehead atoms. The number of alkyl halides is 1. The van der Waals surface area contributed by atoms with Crippen LogP contribution >= 0.6 is 15.9 Å². The van der Waals surface area contributed by atoms with E-state index in [-0.39, 0.29) is 24.0 Å². The van der Waals surface area contributed by atoms with Crippen molar-refractivity contribution in [3.05, 3.63) is 58.7 Å². The summed E-state index contributed by atoms with van der Waals surface area (Å²) in [7, 11) is 2.61. The van der Waals surface area contributed by atoms with Crippen LogP contribution < -0.4 is 4.74 Å². The Balaban J connectivity index is 0.000000609. The number of nitrogens with zero attached hydrogens (tertiary/aromatic N) is 1. The molecule has 0 aliphatic heterocycles. The van der Waals surface area contributed by atoms with Crippen LogP contribution in [-0.2, 0) is 19.1 Å². The zero-order valence-corrected chi connectivity index (χ0v) is 15.3. The van der Waals surface area contributed by atoms with E-state index in [4.69, 9.17) is 4.74 Å². The summed E-state index contributed by atoms with van der Waals surface area (Å²) in [6.07, 6.45) is 5.65. The quantitative estimate of drug-likeness (QED) is 0.221. The summed E-state index contributed by atoms with van der Waals surface area (Å²) in [5, 5.41) is 11.3. The standard InChI is InChI=1S/C11H11NO5.C5H7BrO2/c1-16-11(13)7-4-8-17-10-6-3-2-5-9(10)12(14)15;1-8-5(7)3-2-4-6/h2-7H,8H2,1H3;2-3H,4H2,1H3/b7-4+;3-2+. The van der Waals surface area contributed by atoms with Crippen molar-refractivity contribution in [2.75, 3.05) is 26.2 Å². The van der Waals surface area contributed by atoms with Crippen LogP contribution in [0.5, 0.6) is 5.75 Å². The molecular weight excluding hydrogens is 398 g/mol. The number of ether oxygens (including phenoxy) is 3.